The summed E-state index contributed by atoms with van der Waals surface area (Å²) in [6, 6.07) is 8.28. The van der Waals surface area contributed by atoms with Gasteiger partial charge in [-0.2, -0.15) is 4.98 Å². The van der Waals surface area contributed by atoms with Crippen molar-refractivity contribution < 1.29 is 9.63 Å². The van der Waals surface area contributed by atoms with E-state index in [4.69, 9.17) is 10.3 Å². The van der Waals surface area contributed by atoms with Crippen LogP contribution in [0.25, 0.3) is 0 Å². The molecule has 0 aliphatic rings. The van der Waals surface area contributed by atoms with Gasteiger partial charge in [-0.1, -0.05) is 22.9 Å². The van der Waals surface area contributed by atoms with Crippen LogP contribution in [0.1, 0.15) is 24.2 Å². The second-order valence-electron chi connectivity index (χ2n) is 5.08. The van der Waals surface area contributed by atoms with E-state index in [9.17, 15) is 5.11 Å². The smallest absolute Gasteiger partial charge is 0.229 e. The van der Waals surface area contributed by atoms with E-state index >= 15 is 0 Å². The molecule has 1 heterocycles. The number of aryl methyl sites for hydroxylation is 1. The van der Waals surface area contributed by atoms with Crippen molar-refractivity contribution in [2.45, 2.75) is 36.5 Å². The number of rotatable bonds is 6. The van der Waals surface area contributed by atoms with Gasteiger partial charge in [0, 0.05) is 11.4 Å². The van der Waals surface area contributed by atoms with Gasteiger partial charge in [-0.05, 0) is 26.0 Å². The highest BCUT2D eigenvalue weighted by Crippen LogP contribution is 2.22. The molecule has 6 heteroatoms. The summed E-state index contributed by atoms with van der Waals surface area (Å²) in [6.07, 6.45) is 0.270. The molecule has 0 aliphatic carbocycles. The summed E-state index contributed by atoms with van der Waals surface area (Å²) < 4.78 is 5.12. The largest absolute Gasteiger partial charge is 0.388 e. The molecule has 2 aromatic rings. The van der Waals surface area contributed by atoms with Crippen LogP contribution in [0, 0.1) is 6.92 Å². The second-order valence-corrected chi connectivity index (χ2v) is 6.13. The monoisotopic (exact) mass is 293 g/mol. The number of hydrogen-bond donors (Lipinski definition) is 2. The van der Waals surface area contributed by atoms with Crippen molar-refractivity contribution in [3.05, 3.63) is 41.5 Å². The first-order valence-electron chi connectivity index (χ1n) is 6.42. The molecule has 0 aliphatic heterocycles. The maximum absolute atomic E-state index is 9.86. The Morgan fingerprint density at radius 3 is 2.70 bits per heavy atom. The number of aromatic nitrogens is 2. The van der Waals surface area contributed by atoms with Crippen molar-refractivity contribution in [2.24, 2.45) is 5.73 Å². The van der Waals surface area contributed by atoms with Gasteiger partial charge in [0.1, 0.15) is 0 Å². The predicted octanol–water partition coefficient (Wildman–Crippen LogP) is 1.92. The van der Waals surface area contributed by atoms with Crippen LogP contribution in [0.2, 0.25) is 0 Å². The van der Waals surface area contributed by atoms with Crippen LogP contribution >= 0.6 is 11.8 Å². The molecule has 1 aromatic heterocycles. The Kier molecular flexibility index (Phi) is 4.80. The van der Waals surface area contributed by atoms with Crippen molar-refractivity contribution in [1.29, 1.82) is 0 Å². The standard InChI is InChI=1S/C14H19N3O2S/c1-10-3-5-11(6-4-10)20-8-12-16-13(19-17-12)7-14(2,18)9-15/h3-6,18H,7-9,15H2,1-2H3. The Labute approximate surface area is 122 Å². The van der Waals surface area contributed by atoms with Crippen molar-refractivity contribution in [1.82, 2.24) is 10.1 Å². The van der Waals surface area contributed by atoms with E-state index in [2.05, 4.69) is 41.3 Å². The minimum atomic E-state index is -1.01. The highest BCUT2D eigenvalue weighted by Gasteiger charge is 2.22. The van der Waals surface area contributed by atoms with E-state index in [-0.39, 0.29) is 13.0 Å². The SMILES string of the molecule is Cc1ccc(SCc2noc(CC(C)(O)CN)n2)cc1. The third-order valence-electron chi connectivity index (χ3n) is 2.87. The van der Waals surface area contributed by atoms with Gasteiger partial charge in [-0.3, -0.25) is 0 Å². The summed E-state index contributed by atoms with van der Waals surface area (Å²) in [7, 11) is 0. The lowest BCUT2D eigenvalue weighted by Gasteiger charge is -2.17. The zero-order chi connectivity index (χ0) is 14.6. The lowest BCUT2D eigenvalue weighted by Crippen LogP contribution is -2.36. The molecular weight excluding hydrogens is 274 g/mol. The van der Waals surface area contributed by atoms with Gasteiger partial charge >= 0.3 is 0 Å². The molecule has 0 saturated heterocycles. The normalized spacial score (nSPS) is 14.2. The van der Waals surface area contributed by atoms with Crippen molar-refractivity contribution >= 4 is 11.8 Å². The molecule has 0 bridgehead atoms. The van der Waals surface area contributed by atoms with E-state index in [1.165, 1.54) is 5.56 Å². The van der Waals surface area contributed by atoms with Gasteiger partial charge in [0.05, 0.1) is 17.8 Å². The van der Waals surface area contributed by atoms with E-state index in [1.807, 2.05) is 0 Å². The Balaban J connectivity index is 1.91. The minimum absolute atomic E-state index is 0.156. The molecule has 1 aromatic carbocycles. The topological polar surface area (TPSA) is 85.2 Å². The Morgan fingerprint density at radius 1 is 1.35 bits per heavy atom. The zero-order valence-electron chi connectivity index (χ0n) is 11.7. The fraction of sp³-hybridized carbons (Fsp3) is 0.429. The molecule has 108 valence electrons. The van der Waals surface area contributed by atoms with Crippen LogP contribution in [0.15, 0.2) is 33.7 Å². The third kappa shape index (κ3) is 4.33. The number of benzene rings is 1. The molecule has 20 heavy (non-hydrogen) atoms. The molecule has 0 amide bonds. The maximum Gasteiger partial charge on any atom is 0.229 e. The van der Waals surface area contributed by atoms with Crippen LogP contribution in [-0.4, -0.2) is 27.4 Å². The number of thioether (sulfide) groups is 1. The number of nitrogens with zero attached hydrogens (tertiary/aromatic N) is 2. The maximum atomic E-state index is 9.86. The van der Waals surface area contributed by atoms with Crippen molar-refractivity contribution in [3.63, 3.8) is 0 Å². The second kappa shape index (κ2) is 6.39. The lowest BCUT2D eigenvalue weighted by molar-refractivity contribution is 0.0610. The van der Waals surface area contributed by atoms with E-state index < -0.39 is 5.60 Å². The number of hydrogen-bond acceptors (Lipinski definition) is 6. The molecule has 3 N–H and O–H groups in total. The summed E-state index contributed by atoms with van der Waals surface area (Å²) in [5.74, 6) is 1.68. The Hall–Kier alpha value is -1.37. The average molecular weight is 293 g/mol. The van der Waals surface area contributed by atoms with Crippen LogP contribution in [0.3, 0.4) is 0 Å². The van der Waals surface area contributed by atoms with E-state index in [0.717, 1.165) is 4.90 Å². The van der Waals surface area contributed by atoms with Crippen LogP contribution in [0.4, 0.5) is 0 Å². The average Bonchev–Trinajstić information content (AvgIpc) is 2.85. The minimum Gasteiger partial charge on any atom is -0.388 e. The summed E-state index contributed by atoms with van der Waals surface area (Å²) in [4.78, 5) is 5.42. The van der Waals surface area contributed by atoms with Gasteiger partial charge in [0.15, 0.2) is 5.82 Å². The molecule has 0 saturated carbocycles. The Morgan fingerprint density at radius 2 is 2.05 bits per heavy atom. The fourth-order valence-corrected chi connectivity index (χ4v) is 2.34. The molecule has 2 rings (SSSR count). The molecule has 0 spiro atoms. The van der Waals surface area contributed by atoms with E-state index in [0.29, 0.717) is 17.5 Å². The summed E-state index contributed by atoms with van der Waals surface area (Å²) >= 11 is 1.65. The molecule has 0 fully saturated rings. The summed E-state index contributed by atoms with van der Waals surface area (Å²) in [5.41, 5.74) is 5.69. The quantitative estimate of drug-likeness (QED) is 0.792. The highest BCUT2D eigenvalue weighted by atomic mass is 32.2. The molecular formula is C14H19N3O2S. The summed E-state index contributed by atoms with van der Waals surface area (Å²) in [6.45, 7) is 3.87. The van der Waals surface area contributed by atoms with Crippen LogP contribution < -0.4 is 5.73 Å². The zero-order valence-corrected chi connectivity index (χ0v) is 12.5. The van der Waals surface area contributed by atoms with Crippen molar-refractivity contribution in [3.8, 4) is 0 Å². The van der Waals surface area contributed by atoms with Gasteiger partial charge in [0.2, 0.25) is 5.89 Å². The highest BCUT2D eigenvalue weighted by molar-refractivity contribution is 7.98. The fourth-order valence-electron chi connectivity index (χ4n) is 1.60. The van der Waals surface area contributed by atoms with Crippen molar-refractivity contribution in [2.75, 3.05) is 6.54 Å². The van der Waals surface area contributed by atoms with Gasteiger partial charge in [-0.15, -0.1) is 11.8 Å². The van der Waals surface area contributed by atoms with Gasteiger partial charge in [-0.25, -0.2) is 0 Å². The molecule has 1 unspecified atom stereocenters. The third-order valence-corrected chi connectivity index (χ3v) is 3.88. The van der Waals surface area contributed by atoms with Gasteiger partial charge in [0.25, 0.3) is 0 Å². The first-order valence-corrected chi connectivity index (χ1v) is 7.40. The predicted molar refractivity (Wildman–Crippen MR) is 78.4 cm³/mol. The number of nitrogens with two attached hydrogens (primary N) is 1. The molecule has 0 radical (unpaired) electrons. The Bertz CT molecular complexity index is 552. The van der Waals surface area contributed by atoms with Gasteiger partial charge < -0.3 is 15.4 Å². The molecule has 5 nitrogen and oxygen atoms in total. The van der Waals surface area contributed by atoms with Crippen LogP contribution in [0.5, 0.6) is 0 Å². The van der Waals surface area contributed by atoms with Crippen LogP contribution in [-0.2, 0) is 12.2 Å². The first kappa shape index (κ1) is 15.0. The summed E-state index contributed by atoms with van der Waals surface area (Å²) in [5, 5.41) is 13.8. The molecule has 1 atom stereocenters. The lowest BCUT2D eigenvalue weighted by atomic mass is 10.0. The number of aliphatic hydroxyl groups is 1. The first-order chi connectivity index (χ1) is 9.48. The van der Waals surface area contributed by atoms with E-state index in [1.54, 1.807) is 18.7 Å².